The molecule has 0 radical (unpaired) electrons. The molecule has 0 aromatic heterocycles. The summed E-state index contributed by atoms with van der Waals surface area (Å²) in [5.74, 6) is 0. The normalized spacial score (nSPS) is 12.6. The summed E-state index contributed by atoms with van der Waals surface area (Å²) in [6.45, 7) is 0. The van der Waals surface area contributed by atoms with E-state index in [4.69, 9.17) is 11.6 Å². The zero-order chi connectivity index (χ0) is 15.5. The van der Waals surface area contributed by atoms with E-state index in [0.717, 1.165) is 0 Å². The van der Waals surface area contributed by atoms with Crippen LogP contribution in [0.1, 0.15) is 0 Å². The van der Waals surface area contributed by atoms with Crippen LogP contribution in [0.15, 0.2) is 75.2 Å². The maximum atomic E-state index is 12.0. The van der Waals surface area contributed by atoms with Gasteiger partial charge in [0.2, 0.25) is 19.7 Å². The van der Waals surface area contributed by atoms with Crippen LogP contribution in [0.5, 0.6) is 0 Å². The van der Waals surface area contributed by atoms with Crippen LogP contribution in [-0.2, 0) is 19.7 Å². The monoisotopic (exact) mass is 342 g/mol. The van der Waals surface area contributed by atoms with Gasteiger partial charge in [-0.15, -0.1) is 0 Å². The predicted octanol–water partition coefficient (Wildman–Crippen LogP) is 3.06. The first-order valence-electron chi connectivity index (χ1n) is 5.80. The summed E-state index contributed by atoms with van der Waals surface area (Å²) in [6, 6.07) is 13.1. The van der Waals surface area contributed by atoms with Gasteiger partial charge in [0.1, 0.15) is 0 Å². The molecule has 0 N–H and O–H groups in total. The molecule has 0 spiro atoms. The Morgan fingerprint density at radius 2 is 1.10 bits per heavy atom. The molecular weight excluding hydrogens is 332 g/mol. The fourth-order valence-corrected chi connectivity index (χ4v) is 4.20. The summed E-state index contributed by atoms with van der Waals surface area (Å²) < 4.78 is 48.0. The smallest absolute Gasteiger partial charge is 0.200 e. The van der Waals surface area contributed by atoms with Crippen LogP contribution in [0.25, 0.3) is 0 Å². The highest BCUT2D eigenvalue weighted by atomic mass is 35.5. The van der Waals surface area contributed by atoms with Crippen molar-refractivity contribution in [2.24, 2.45) is 0 Å². The van der Waals surface area contributed by atoms with Crippen LogP contribution in [0, 0.1) is 0 Å². The molecule has 0 atom stereocenters. The van der Waals surface area contributed by atoms with Gasteiger partial charge in [0.25, 0.3) is 0 Å². The van der Waals surface area contributed by atoms with Gasteiger partial charge in [0.15, 0.2) is 0 Å². The van der Waals surface area contributed by atoms with E-state index in [-0.39, 0.29) is 9.79 Å². The van der Waals surface area contributed by atoms with Crippen LogP contribution in [0.2, 0.25) is 5.02 Å². The van der Waals surface area contributed by atoms with Crippen molar-refractivity contribution >= 4 is 31.3 Å². The third kappa shape index (κ3) is 3.93. The average molecular weight is 343 g/mol. The van der Waals surface area contributed by atoms with Gasteiger partial charge in [-0.3, -0.25) is 0 Å². The molecule has 110 valence electrons. The fourth-order valence-electron chi connectivity index (χ4n) is 1.54. The summed E-state index contributed by atoms with van der Waals surface area (Å²) in [4.78, 5) is 0.0129. The Kier molecular flexibility index (Phi) is 4.51. The first-order valence-corrected chi connectivity index (χ1v) is 9.27. The van der Waals surface area contributed by atoms with E-state index in [1.165, 1.54) is 36.4 Å². The molecule has 7 heteroatoms. The first-order chi connectivity index (χ1) is 9.81. The van der Waals surface area contributed by atoms with Crippen LogP contribution in [0.3, 0.4) is 0 Å². The molecule has 0 aliphatic heterocycles. The maximum Gasteiger partial charge on any atom is 0.200 e. The zero-order valence-electron chi connectivity index (χ0n) is 10.7. The van der Waals surface area contributed by atoms with Gasteiger partial charge in [-0.05, 0) is 36.4 Å². The van der Waals surface area contributed by atoms with E-state index in [1.807, 2.05) is 0 Å². The van der Waals surface area contributed by atoms with Crippen molar-refractivity contribution in [2.75, 3.05) is 0 Å². The van der Waals surface area contributed by atoms with Crippen molar-refractivity contribution in [3.63, 3.8) is 0 Å². The molecule has 0 aliphatic carbocycles. The van der Waals surface area contributed by atoms with Gasteiger partial charge in [-0.1, -0.05) is 29.8 Å². The molecule has 0 bridgehead atoms. The molecule has 0 amide bonds. The minimum atomic E-state index is -3.84. The predicted molar refractivity (Wildman–Crippen MR) is 81.4 cm³/mol. The fraction of sp³-hybridized carbons (Fsp3) is 0. The number of benzene rings is 2. The second kappa shape index (κ2) is 6.01. The Morgan fingerprint density at radius 3 is 1.57 bits per heavy atom. The van der Waals surface area contributed by atoms with Gasteiger partial charge in [0.05, 0.1) is 9.79 Å². The standard InChI is InChI=1S/C14H11ClO4S2/c15-12-6-8-14(9-7-12)21(18,19)11-10-20(16,17)13-4-2-1-3-5-13/h1-11H/b11-10+. The molecule has 2 aromatic carbocycles. The Bertz CT molecular complexity index is 853. The summed E-state index contributed by atoms with van der Waals surface area (Å²) in [5.41, 5.74) is 0. The van der Waals surface area contributed by atoms with Crippen molar-refractivity contribution < 1.29 is 16.8 Å². The Hall–Kier alpha value is -1.63. The highest BCUT2D eigenvalue weighted by molar-refractivity contribution is 7.97. The molecule has 0 saturated carbocycles. The second-order valence-electron chi connectivity index (χ2n) is 4.13. The maximum absolute atomic E-state index is 12.0. The van der Waals surface area contributed by atoms with Gasteiger partial charge < -0.3 is 0 Å². The molecule has 0 fully saturated rings. The van der Waals surface area contributed by atoms with Crippen molar-refractivity contribution in [3.05, 3.63) is 70.4 Å². The molecule has 0 unspecified atom stereocenters. The zero-order valence-corrected chi connectivity index (χ0v) is 13.1. The molecule has 2 aromatic rings. The molecule has 0 aliphatic rings. The van der Waals surface area contributed by atoms with Gasteiger partial charge in [-0.25, -0.2) is 16.8 Å². The van der Waals surface area contributed by atoms with Crippen molar-refractivity contribution in [3.8, 4) is 0 Å². The quantitative estimate of drug-likeness (QED) is 0.856. The Labute approximate surface area is 128 Å². The topological polar surface area (TPSA) is 68.3 Å². The molecule has 4 nitrogen and oxygen atoms in total. The number of hydrogen-bond donors (Lipinski definition) is 0. The largest absolute Gasteiger partial charge is 0.219 e. The minimum Gasteiger partial charge on any atom is -0.219 e. The SMILES string of the molecule is O=S(=O)(/C=C/S(=O)(=O)c1ccc(Cl)cc1)c1ccccc1. The number of rotatable bonds is 4. The van der Waals surface area contributed by atoms with Crippen LogP contribution >= 0.6 is 11.6 Å². The first kappa shape index (κ1) is 15.8. The van der Waals surface area contributed by atoms with Crippen LogP contribution < -0.4 is 0 Å². The summed E-state index contributed by atoms with van der Waals surface area (Å²) >= 11 is 5.68. The minimum absolute atomic E-state index is 0.0218. The van der Waals surface area contributed by atoms with Crippen LogP contribution in [0.4, 0.5) is 0 Å². The highest BCUT2D eigenvalue weighted by Gasteiger charge is 2.14. The van der Waals surface area contributed by atoms with Crippen molar-refractivity contribution in [2.45, 2.75) is 9.79 Å². The lowest BCUT2D eigenvalue weighted by molar-refractivity contribution is 0.600. The number of hydrogen-bond acceptors (Lipinski definition) is 4. The summed E-state index contributed by atoms with van der Waals surface area (Å²) in [6.07, 6.45) is 0. The third-order valence-corrected chi connectivity index (χ3v) is 5.90. The summed E-state index contributed by atoms with van der Waals surface area (Å²) in [7, 11) is -7.63. The molecule has 0 saturated heterocycles. The molecule has 21 heavy (non-hydrogen) atoms. The van der Waals surface area contributed by atoms with Gasteiger partial charge in [-0.2, -0.15) is 0 Å². The van der Waals surface area contributed by atoms with E-state index in [0.29, 0.717) is 15.8 Å². The van der Waals surface area contributed by atoms with E-state index in [1.54, 1.807) is 18.2 Å². The van der Waals surface area contributed by atoms with Crippen LogP contribution in [-0.4, -0.2) is 16.8 Å². The second-order valence-corrected chi connectivity index (χ2v) is 8.23. The lowest BCUT2D eigenvalue weighted by Gasteiger charge is -2.00. The van der Waals surface area contributed by atoms with E-state index in [9.17, 15) is 16.8 Å². The lowest BCUT2D eigenvalue weighted by Crippen LogP contribution is -2.00. The Morgan fingerprint density at radius 1 is 0.667 bits per heavy atom. The van der Waals surface area contributed by atoms with Crippen molar-refractivity contribution in [1.82, 2.24) is 0 Å². The number of halogens is 1. The van der Waals surface area contributed by atoms with Gasteiger partial charge in [0, 0.05) is 15.8 Å². The van der Waals surface area contributed by atoms with E-state index < -0.39 is 19.7 Å². The highest BCUT2D eigenvalue weighted by Crippen LogP contribution is 2.18. The average Bonchev–Trinajstić information content (AvgIpc) is 2.47. The number of sulfone groups is 2. The summed E-state index contributed by atoms with van der Waals surface area (Å²) in [5, 5.41) is 1.76. The third-order valence-electron chi connectivity index (χ3n) is 2.63. The molecule has 0 heterocycles. The lowest BCUT2D eigenvalue weighted by atomic mass is 10.4. The van der Waals surface area contributed by atoms with E-state index in [2.05, 4.69) is 0 Å². The van der Waals surface area contributed by atoms with E-state index >= 15 is 0 Å². The van der Waals surface area contributed by atoms with Gasteiger partial charge >= 0.3 is 0 Å². The molecular formula is C14H11ClO4S2. The Balaban J connectivity index is 2.34. The van der Waals surface area contributed by atoms with Crippen molar-refractivity contribution in [1.29, 1.82) is 0 Å². The molecule has 2 rings (SSSR count).